The zero-order valence-electron chi connectivity index (χ0n) is 12.3. The van der Waals surface area contributed by atoms with Crippen molar-refractivity contribution in [3.05, 3.63) is 47.5 Å². The number of carbonyl (C=O) groups excluding carboxylic acids is 2. The number of hydrogen-bond donors (Lipinski definition) is 2. The van der Waals surface area contributed by atoms with Gasteiger partial charge in [0.05, 0.1) is 0 Å². The molecule has 114 valence electrons. The van der Waals surface area contributed by atoms with Gasteiger partial charge in [0.2, 0.25) is 0 Å². The van der Waals surface area contributed by atoms with Crippen molar-refractivity contribution in [3.63, 3.8) is 0 Å². The van der Waals surface area contributed by atoms with Crippen LogP contribution < -0.4 is 11.1 Å². The quantitative estimate of drug-likeness (QED) is 0.624. The van der Waals surface area contributed by atoms with Gasteiger partial charge in [-0.25, -0.2) is 0 Å². The van der Waals surface area contributed by atoms with Gasteiger partial charge >= 0.3 is 0 Å². The fourth-order valence-corrected chi connectivity index (χ4v) is 2.87. The third-order valence-electron chi connectivity index (χ3n) is 3.91. The maximum atomic E-state index is 12.6. The number of nitrogens with one attached hydrogen (secondary N) is 1. The largest absolute Gasteiger partial charge is 0.329 e. The van der Waals surface area contributed by atoms with Crippen molar-refractivity contribution in [1.29, 1.82) is 0 Å². The fourth-order valence-electron chi connectivity index (χ4n) is 2.87. The van der Waals surface area contributed by atoms with Gasteiger partial charge in [-0.2, -0.15) is 0 Å². The molecule has 0 unspecified atom stereocenters. The van der Waals surface area contributed by atoms with Crippen molar-refractivity contribution in [2.24, 2.45) is 5.73 Å². The molecule has 3 rings (SSSR count). The van der Waals surface area contributed by atoms with Crippen LogP contribution in [0.4, 0.5) is 0 Å². The van der Waals surface area contributed by atoms with Gasteiger partial charge in [-0.05, 0) is 30.5 Å². The Kier molecular flexibility index (Phi) is 4.18. The Labute approximate surface area is 129 Å². The van der Waals surface area contributed by atoms with Crippen LogP contribution in [0.2, 0.25) is 0 Å². The molecule has 22 heavy (non-hydrogen) atoms. The highest BCUT2D eigenvalue weighted by atomic mass is 16.2. The molecule has 5 heteroatoms. The van der Waals surface area contributed by atoms with Crippen molar-refractivity contribution in [3.8, 4) is 0 Å². The van der Waals surface area contributed by atoms with Crippen LogP contribution in [0.5, 0.6) is 0 Å². The third kappa shape index (κ3) is 2.49. The van der Waals surface area contributed by atoms with Crippen LogP contribution in [0.15, 0.2) is 36.4 Å². The predicted molar refractivity (Wildman–Crippen MR) is 85.9 cm³/mol. The van der Waals surface area contributed by atoms with E-state index in [9.17, 15) is 9.59 Å². The number of benzene rings is 2. The third-order valence-corrected chi connectivity index (χ3v) is 3.91. The van der Waals surface area contributed by atoms with Gasteiger partial charge in [0, 0.05) is 36.1 Å². The van der Waals surface area contributed by atoms with Crippen molar-refractivity contribution >= 4 is 22.6 Å². The minimum absolute atomic E-state index is 0.201. The molecule has 2 aromatic carbocycles. The van der Waals surface area contributed by atoms with Crippen LogP contribution in [0.25, 0.3) is 10.8 Å². The van der Waals surface area contributed by atoms with E-state index in [2.05, 4.69) is 5.32 Å². The number of imide groups is 1. The number of nitrogens with zero attached hydrogens (tertiary/aromatic N) is 1. The number of hydrogen-bond acceptors (Lipinski definition) is 4. The SMILES string of the molecule is NCCNCCCN1C(=O)c2cccc3cccc(c23)C1=O. The van der Waals surface area contributed by atoms with Gasteiger partial charge in [-0.1, -0.05) is 24.3 Å². The maximum Gasteiger partial charge on any atom is 0.261 e. The molecular formula is C17H19N3O2. The first-order chi connectivity index (χ1) is 10.7. The van der Waals surface area contributed by atoms with E-state index in [0.717, 1.165) is 30.3 Å². The Morgan fingerprint density at radius 1 is 0.955 bits per heavy atom. The van der Waals surface area contributed by atoms with Crippen LogP contribution in [0.1, 0.15) is 27.1 Å². The fraction of sp³-hybridized carbons (Fsp3) is 0.294. The Hall–Kier alpha value is -2.24. The topological polar surface area (TPSA) is 75.4 Å². The second kappa shape index (κ2) is 6.25. The average Bonchev–Trinajstić information content (AvgIpc) is 2.55. The van der Waals surface area contributed by atoms with E-state index in [1.54, 1.807) is 12.1 Å². The minimum atomic E-state index is -0.201. The van der Waals surface area contributed by atoms with Gasteiger partial charge in [0.25, 0.3) is 11.8 Å². The van der Waals surface area contributed by atoms with Crippen LogP contribution in [0.3, 0.4) is 0 Å². The molecule has 0 spiro atoms. The zero-order chi connectivity index (χ0) is 15.5. The summed E-state index contributed by atoms with van der Waals surface area (Å²) in [7, 11) is 0. The first-order valence-electron chi connectivity index (χ1n) is 7.53. The molecule has 0 saturated heterocycles. The summed E-state index contributed by atoms with van der Waals surface area (Å²) in [4.78, 5) is 26.5. The molecule has 0 bridgehead atoms. The highest BCUT2D eigenvalue weighted by Gasteiger charge is 2.31. The normalized spacial score (nSPS) is 14.0. The number of nitrogens with two attached hydrogens (primary N) is 1. The van der Waals surface area contributed by atoms with Gasteiger partial charge in [0.1, 0.15) is 0 Å². The molecule has 1 aliphatic heterocycles. The summed E-state index contributed by atoms with van der Waals surface area (Å²) < 4.78 is 0. The van der Waals surface area contributed by atoms with Crippen molar-refractivity contribution < 1.29 is 9.59 Å². The minimum Gasteiger partial charge on any atom is -0.329 e. The molecule has 0 aliphatic carbocycles. The molecule has 2 aromatic rings. The van der Waals surface area contributed by atoms with Crippen LogP contribution in [0, 0.1) is 0 Å². The molecule has 0 fully saturated rings. The summed E-state index contributed by atoms with van der Waals surface area (Å²) in [5, 5.41) is 4.88. The summed E-state index contributed by atoms with van der Waals surface area (Å²) >= 11 is 0. The Balaban J connectivity index is 1.85. The zero-order valence-corrected chi connectivity index (χ0v) is 12.3. The van der Waals surface area contributed by atoms with Gasteiger partial charge < -0.3 is 11.1 Å². The molecule has 2 amide bonds. The second-order valence-corrected chi connectivity index (χ2v) is 5.36. The van der Waals surface area contributed by atoms with E-state index in [1.807, 2.05) is 24.3 Å². The Morgan fingerprint density at radius 2 is 1.59 bits per heavy atom. The van der Waals surface area contributed by atoms with E-state index in [4.69, 9.17) is 5.73 Å². The molecule has 1 heterocycles. The van der Waals surface area contributed by atoms with E-state index in [1.165, 1.54) is 4.90 Å². The summed E-state index contributed by atoms with van der Waals surface area (Å²) in [6.07, 6.45) is 0.718. The van der Waals surface area contributed by atoms with Crippen LogP contribution in [-0.2, 0) is 0 Å². The smallest absolute Gasteiger partial charge is 0.261 e. The van der Waals surface area contributed by atoms with Gasteiger partial charge in [-0.15, -0.1) is 0 Å². The summed E-state index contributed by atoms with van der Waals surface area (Å²) in [5.41, 5.74) is 6.64. The molecule has 1 aliphatic rings. The van der Waals surface area contributed by atoms with Gasteiger partial charge in [-0.3, -0.25) is 14.5 Å². The molecule has 3 N–H and O–H groups in total. The Bertz CT molecular complexity index is 676. The first-order valence-corrected chi connectivity index (χ1v) is 7.53. The lowest BCUT2D eigenvalue weighted by Crippen LogP contribution is -2.41. The molecule has 0 saturated carbocycles. The average molecular weight is 297 g/mol. The lowest BCUT2D eigenvalue weighted by Gasteiger charge is -2.27. The summed E-state index contributed by atoms with van der Waals surface area (Å²) in [6, 6.07) is 11.2. The highest BCUT2D eigenvalue weighted by Crippen LogP contribution is 2.29. The number of amides is 2. The van der Waals surface area contributed by atoms with Crippen molar-refractivity contribution in [1.82, 2.24) is 10.2 Å². The molecule has 5 nitrogen and oxygen atoms in total. The van der Waals surface area contributed by atoms with Crippen molar-refractivity contribution in [2.45, 2.75) is 6.42 Å². The summed E-state index contributed by atoms with van der Waals surface area (Å²) in [6.45, 7) is 2.47. The van der Waals surface area contributed by atoms with E-state index >= 15 is 0 Å². The van der Waals surface area contributed by atoms with Crippen LogP contribution in [-0.4, -0.2) is 42.9 Å². The highest BCUT2D eigenvalue weighted by molar-refractivity contribution is 6.25. The van der Waals surface area contributed by atoms with Crippen LogP contribution >= 0.6 is 0 Å². The lowest BCUT2D eigenvalue weighted by atomic mass is 9.94. The number of carbonyl (C=O) groups is 2. The van der Waals surface area contributed by atoms with E-state index < -0.39 is 0 Å². The second-order valence-electron chi connectivity index (χ2n) is 5.36. The number of rotatable bonds is 6. The standard InChI is InChI=1S/C17H19N3O2/c18-8-10-19-9-3-11-20-16(21)13-6-1-4-12-5-2-7-14(15(12)13)17(20)22/h1-2,4-7,19H,3,8-11,18H2. The summed E-state index contributed by atoms with van der Waals surface area (Å²) in [5.74, 6) is -0.402. The molecule has 0 aromatic heterocycles. The van der Waals surface area contributed by atoms with E-state index in [-0.39, 0.29) is 11.8 Å². The van der Waals surface area contributed by atoms with Gasteiger partial charge in [0.15, 0.2) is 0 Å². The molecule has 0 radical (unpaired) electrons. The molecule has 0 atom stereocenters. The first kappa shape index (κ1) is 14.7. The molecular weight excluding hydrogens is 278 g/mol. The van der Waals surface area contributed by atoms with Crippen molar-refractivity contribution in [2.75, 3.05) is 26.2 Å². The maximum absolute atomic E-state index is 12.6. The van der Waals surface area contributed by atoms with E-state index in [0.29, 0.717) is 24.2 Å². The Morgan fingerprint density at radius 3 is 2.18 bits per heavy atom. The monoisotopic (exact) mass is 297 g/mol. The lowest BCUT2D eigenvalue weighted by molar-refractivity contribution is 0.0609. The predicted octanol–water partition coefficient (Wildman–Crippen LogP) is 1.37.